The molecule has 3 N–H and O–H groups in total. The Morgan fingerprint density at radius 3 is 2.64 bits per heavy atom. The molecule has 0 fully saturated rings. The van der Waals surface area contributed by atoms with Gasteiger partial charge >= 0.3 is 12.1 Å². The number of hydrazine groups is 1. The van der Waals surface area contributed by atoms with Crippen molar-refractivity contribution < 1.29 is 28.6 Å². The zero-order chi connectivity index (χ0) is 26.1. The molecule has 0 saturated carbocycles. The number of fused-ring (bicyclic) bond motifs is 1. The van der Waals surface area contributed by atoms with E-state index in [9.17, 15) is 18.8 Å². The van der Waals surface area contributed by atoms with Crippen molar-refractivity contribution >= 4 is 46.2 Å². The molecule has 2 aromatic carbocycles. The minimum atomic E-state index is -0.983. The molecule has 190 valence electrons. The van der Waals surface area contributed by atoms with Crippen LogP contribution in [0, 0.1) is 5.82 Å². The lowest BCUT2D eigenvalue weighted by Gasteiger charge is -2.31. The number of nitrogens with zero attached hydrogens (tertiary/aromatic N) is 2. The predicted molar refractivity (Wildman–Crippen MR) is 133 cm³/mol. The molecule has 1 atom stereocenters. The van der Waals surface area contributed by atoms with Crippen LogP contribution in [0.2, 0.25) is 5.02 Å². The minimum Gasteiger partial charge on any atom is -0.481 e. The highest BCUT2D eigenvalue weighted by atomic mass is 35.5. The Bertz CT molecular complexity index is 1240. The van der Waals surface area contributed by atoms with Crippen molar-refractivity contribution in [2.75, 3.05) is 11.9 Å². The maximum absolute atomic E-state index is 13.8. The quantitative estimate of drug-likeness (QED) is 0.314. The first-order chi connectivity index (χ1) is 17.2. The number of hydrogen-bond acceptors (Lipinski definition) is 6. The fraction of sp³-hybridized carbons (Fsp3) is 0.280. The summed E-state index contributed by atoms with van der Waals surface area (Å²) < 4.78 is 19.1. The van der Waals surface area contributed by atoms with E-state index in [1.54, 1.807) is 18.3 Å². The molecule has 3 aromatic rings. The zero-order valence-corrected chi connectivity index (χ0v) is 20.3. The molecular formula is C25H26ClFN4O5. The van der Waals surface area contributed by atoms with Gasteiger partial charge in [-0.2, -0.15) is 0 Å². The average Bonchev–Trinajstić information content (AvgIpc) is 2.84. The number of pyridine rings is 1. The summed E-state index contributed by atoms with van der Waals surface area (Å²) in [6.07, 6.45) is 1.20. The van der Waals surface area contributed by atoms with E-state index in [1.807, 2.05) is 24.3 Å². The van der Waals surface area contributed by atoms with Gasteiger partial charge in [0.15, 0.2) is 0 Å². The fourth-order valence-corrected chi connectivity index (χ4v) is 3.79. The molecule has 11 heteroatoms. The summed E-state index contributed by atoms with van der Waals surface area (Å²) in [6.45, 7) is 1.12. The van der Waals surface area contributed by atoms with Gasteiger partial charge in [0, 0.05) is 31.5 Å². The van der Waals surface area contributed by atoms with Gasteiger partial charge in [-0.3, -0.25) is 19.9 Å². The summed E-state index contributed by atoms with van der Waals surface area (Å²) in [4.78, 5) is 40.0. The van der Waals surface area contributed by atoms with E-state index in [1.165, 1.54) is 24.1 Å². The van der Waals surface area contributed by atoms with Gasteiger partial charge in [-0.25, -0.2) is 19.6 Å². The van der Waals surface area contributed by atoms with E-state index in [0.29, 0.717) is 11.4 Å². The lowest BCUT2D eigenvalue weighted by molar-refractivity contribution is -0.137. The molecule has 0 unspecified atom stereocenters. The summed E-state index contributed by atoms with van der Waals surface area (Å²) in [5.74, 6) is -1.68. The SMILES string of the molecule is CC(=O)N(NCc1cccc(F)c1Cl)[C@@H](CCCC(=O)O)COC(=O)Nc1cc2ccccc2cn1. The van der Waals surface area contributed by atoms with Crippen molar-refractivity contribution in [3.63, 3.8) is 0 Å². The molecule has 1 aromatic heterocycles. The van der Waals surface area contributed by atoms with Crippen molar-refractivity contribution in [1.29, 1.82) is 0 Å². The maximum Gasteiger partial charge on any atom is 0.412 e. The molecule has 0 aliphatic heterocycles. The summed E-state index contributed by atoms with van der Waals surface area (Å²) in [5, 5.41) is 14.5. The van der Waals surface area contributed by atoms with Gasteiger partial charge in [0.25, 0.3) is 0 Å². The summed E-state index contributed by atoms with van der Waals surface area (Å²) >= 11 is 6.00. The highest BCUT2D eigenvalue weighted by Crippen LogP contribution is 2.20. The van der Waals surface area contributed by atoms with Gasteiger partial charge in [0.05, 0.1) is 11.1 Å². The standard InChI is InChI=1S/C25H26ClFN4O5/c1-16(32)31(29-14-19-8-4-10-21(27)24(19)26)20(9-5-11-23(33)34)15-36-25(35)30-22-12-17-6-2-3-7-18(17)13-28-22/h2-4,6-8,10,12-13,20,29H,5,9,11,14-15H2,1H3,(H,33,34)(H,28,30,35)/t20-/m0/s1. The van der Waals surface area contributed by atoms with Gasteiger partial charge < -0.3 is 9.84 Å². The summed E-state index contributed by atoms with van der Waals surface area (Å²) in [5.41, 5.74) is 3.32. The van der Waals surface area contributed by atoms with Gasteiger partial charge in [-0.15, -0.1) is 0 Å². The molecule has 9 nitrogen and oxygen atoms in total. The molecule has 0 aliphatic carbocycles. The van der Waals surface area contributed by atoms with Gasteiger partial charge in [0.2, 0.25) is 5.91 Å². The van der Waals surface area contributed by atoms with Gasteiger partial charge in [-0.1, -0.05) is 48.0 Å². The van der Waals surface area contributed by atoms with Crippen molar-refractivity contribution in [2.24, 2.45) is 0 Å². The molecule has 0 aliphatic rings. The third-order valence-electron chi connectivity index (χ3n) is 5.37. The van der Waals surface area contributed by atoms with E-state index in [2.05, 4.69) is 15.7 Å². The Hall–Kier alpha value is -3.76. The molecule has 0 spiro atoms. The number of anilines is 1. The van der Waals surface area contributed by atoms with Crippen LogP contribution in [-0.4, -0.2) is 45.7 Å². The smallest absolute Gasteiger partial charge is 0.412 e. The second-order valence-corrected chi connectivity index (χ2v) is 8.39. The predicted octanol–water partition coefficient (Wildman–Crippen LogP) is 4.75. The first-order valence-electron chi connectivity index (χ1n) is 11.2. The number of aromatic nitrogens is 1. The number of ether oxygens (including phenoxy) is 1. The number of rotatable bonds is 11. The number of halogens is 2. The van der Waals surface area contributed by atoms with Crippen LogP contribution in [0.25, 0.3) is 10.8 Å². The molecule has 36 heavy (non-hydrogen) atoms. The van der Waals surface area contributed by atoms with Crippen LogP contribution in [0.1, 0.15) is 31.7 Å². The Morgan fingerprint density at radius 2 is 1.92 bits per heavy atom. The van der Waals surface area contributed by atoms with Gasteiger partial charge in [0.1, 0.15) is 18.2 Å². The number of carboxylic acid groups (broad SMARTS) is 1. The average molecular weight is 517 g/mol. The van der Waals surface area contributed by atoms with E-state index in [-0.39, 0.29) is 37.4 Å². The number of hydrogen-bond donors (Lipinski definition) is 3. The monoisotopic (exact) mass is 516 g/mol. The molecule has 0 bridgehead atoms. The van der Waals surface area contributed by atoms with Crippen molar-refractivity contribution in [3.8, 4) is 0 Å². The highest BCUT2D eigenvalue weighted by Gasteiger charge is 2.24. The Morgan fingerprint density at radius 1 is 1.17 bits per heavy atom. The van der Waals surface area contributed by atoms with Crippen molar-refractivity contribution in [1.82, 2.24) is 15.4 Å². The minimum absolute atomic E-state index is 0.0266. The zero-order valence-electron chi connectivity index (χ0n) is 19.5. The first-order valence-corrected chi connectivity index (χ1v) is 11.6. The number of aliphatic carboxylic acids is 1. The molecule has 1 heterocycles. The van der Waals surface area contributed by atoms with Crippen LogP contribution < -0.4 is 10.7 Å². The number of amides is 2. The van der Waals surface area contributed by atoms with E-state index < -0.39 is 29.8 Å². The highest BCUT2D eigenvalue weighted by molar-refractivity contribution is 6.31. The Labute approximate surface area is 212 Å². The van der Waals surface area contributed by atoms with E-state index >= 15 is 0 Å². The Kier molecular flexibility index (Phi) is 9.54. The second kappa shape index (κ2) is 12.8. The summed E-state index contributed by atoms with van der Waals surface area (Å²) in [7, 11) is 0. The molecular weight excluding hydrogens is 491 g/mol. The number of carbonyl (C=O) groups excluding carboxylic acids is 2. The van der Waals surface area contributed by atoms with Crippen LogP contribution in [0.3, 0.4) is 0 Å². The lowest BCUT2D eigenvalue weighted by Crippen LogP contribution is -2.50. The van der Waals surface area contributed by atoms with Crippen molar-refractivity contribution in [3.05, 3.63) is 71.1 Å². The van der Waals surface area contributed by atoms with E-state index in [4.69, 9.17) is 21.4 Å². The Balaban J connectivity index is 1.66. The van der Waals surface area contributed by atoms with Crippen LogP contribution >= 0.6 is 11.6 Å². The third-order valence-corrected chi connectivity index (χ3v) is 5.79. The normalized spacial score (nSPS) is 11.6. The molecule has 2 amide bonds. The number of carboxylic acids is 1. The first kappa shape index (κ1) is 26.8. The van der Waals surface area contributed by atoms with Crippen LogP contribution in [0.4, 0.5) is 15.0 Å². The van der Waals surface area contributed by atoms with Crippen LogP contribution in [0.15, 0.2) is 54.7 Å². The van der Waals surface area contributed by atoms with Gasteiger partial charge in [-0.05, 0) is 35.9 Å². The van der Waals surface area contributed by atoms with Crippen LogP contribution in [0.5, 0.6) is 0 Å². The largest absolute Gasteiger partial charge is 0.481 e. The number of nitrogens with one attached hydrogen (secondary N) is 2. The van der Waals surface area contributed by atoms with Crippen molar-refractivity contribution in [2.45, 2.75) is 38.8 Å². The molecule has 3 rings (SSSR count). The summed E-state index contributed by atoms with van der Waals surface area (Å²) in [6, 6.07) is 12.9. The molecule has 0 radical (unpaired) electrons. The fourth-order valence-electron chi connectivity index (χ4n) is 3.59. The van der Waals surface area contributed by atoms with E-state index in [0.717, 1.165) is 10.8 Å². The topological polar surface area (TPSA) is 121 Å². The second-order valence-electron chi connectivity index (χ2n) is 8.02. The maximum atomic E-state index is 13.8. The number of carbonyl (C=O) groups is 3. The lowest BCUT2D eigenvalue weighted by atomic mass is 10.1. The van der Waals surface area contributed by atoms with Crippen LogP contribution in [-0.2, 0) is 20.9 Å². The molecule has 0 saturated heterocycles. The number of benzene rings is 2. The third kappa shape index (κ3) is 7.62.